The summed E-state index contributed by atoms with van der Waals surface area (Å²) in [7, 11) is 0. The van der Waals surface area contributed by atoms with Gasteiger partial charge in [0.25, 0.3) is 0 Å². The van der Waals surface area contributed by atoms with E-state index in [2.05, 4.69) is 16.0 Å². The second kappa shape index (κ2) is 13.4. The smallest absolute Gasteiger partial charge is 0.322 e. The van der Waals surface area contributed by atoms with Crippen LogP contribution in [0.25, 0.3) is 0 Å². The molecule has 28 heavy (non-hydrogen) atoms. The summed E-state index contributed by atoms with van der Waals surface area (Å²) in [6, 6.07) is -2.46. The molecular weight excluding hydrogens is 384 g/mol. The highest BCUT2D eigenvalue weighted by molar-refractivity contribution is 7.98. The van der Waals surface area contributed by atoms with Crippen LogP contribution in [0.3, 0.4) is 0 Å². The highest BCUT2D eigenvalue weighted by atomic mass is 32.2. The number of rotatable bonds is 13. The summed E-state index contributed by atoms with van der Waals surface area (Å²) in [5.41, 5.74) is 5.86. The normalized spacial score (nSPS) is 14.3. The van der Waals surface area contributed by atoms with E-state index in [0.717, 1.165) is 5.75 Å². The predicted molar refractivity (Wildman–Crippen MR) is 110 cm³/mol. The Morgan fingerprint density at radius 1 is 1.00 bits per heavy atom. The zero-order valence-corrected chi connectivity index (χ0v) is 18.1. The van der Waals surface area contributed by atoms with Crippen molar-refractivity contribution in [3.63, 3.8) is 0 Å². The van der Waals surface area contributed by atoms with Crippen molar-refractivity contribution < 1.29 is 24.3 Å². The third kappa shape index (κ3) is 10.5. The molecule has 9 nitrogen and oxygen atoms in total. The number of nitrogens with two attached hydrogens (primary N) is 1. The van der Waals surface area contributed by atoms with Gasteiger partial charge < -0.3 is 26.8 Å². The van der Waals surface area contributed by atoms with Crippen molar-refractivity contribution in [2.75, 3.05) is 18.6 Å². The van der Waals surface area contributed by atoms with Crippen molar-refractivity contribution in [2.24, 2.45) is 17.6 Å². The van der Waals surface area contributed by atoms with Gasteiger partial charge in [-0.2, -0.15) is 11.8 Å². The van der Waals surface area contributed by atoms with Crippen LogP contribution >= 0.6 is 11.8 Å². The van der Waals surface area contributed by atoms with Crippen molar-refractivity contribution in [1.82, 2.24) is 16.0 Å². The molecule has 3 amide bonds. The molecule has 6 N–H and O–H groups in total. The number of carboxylic acids is 1. The van der Waals surface area contributed by atoms with Gasteiger partial charge in [-0.1, -0.05) is 27.7 Å². The molecule has 0 aromatic carbocycles. The van der Waals surface area contributed by atoms with Crippen LogP contribution in [0.15, 0.2) is 0 Å². The van der Waals surface area contributed by atoms with E-state index in [1.165, 1.54) is 0 Å². The third-order valence-electron chi connectivity index (χ3n) is 3.97. The van der Waals surface area contributed by atoms with Gasteiger partial charge in [0.05, 0.1) is 6.04 Å². The Hall–Kier alpha value is -1.81. The standard InChI is InChI=1S/C18H34N4O5S/c1-10(2)8-13(17(26)20-9-14(23)24)21-18(27)15(11(3)4)22-16(25)12(19)6-7-28-5/h10-13,15H,6-9,19H2,1-5H3,(H,20,26)(H,21,27)(H,22,25)(H,23,24). The van der Waals surface area contributed by atoms with E-state index in [9.17, 15) is 19.2 Å². The van der Waals surface area contributed by atoms with Crippen molar-refractivity contribution in [1.29, 1.82) is 0 Å². The molecule has 10 heteroatoms. The van der Waals surface area contributed by atoms with Crippen LogP contribution in [-0.2, 0) is 19.2 Å². The molecule has 0 rings (SSSR count). The van der Waals surface area contributed by atoms with Gasteiger partial charge in [0, 0.05) is 0 Å². The first kappa shape index (κ1) is 26.2. The number of carbonyl (C=O) groups is 4. The number of hydrogen-bond donors (Lipinski definition) is 5. The van der Waals surface area contributed by atoms with Crippen LogP contribution in [0, 0.1) is 11.8 Å². The van der Waals surface area contributed by atoms with E-state index in [1.807, 2.05) is 20.1 Å². The molecule has 0 radical (unpaired) electrons. The number of carbonyl (C=O) groups excluding carboxylic acids is 3. The summed E-state index contributed by atoms with van der Waals surface area (Å²) in [5, 5.41) is 16.3. The fourth-order valence-electron chi connectivity index (χ4n) is 2.42. The van der Waals surface area contributed by atoms with E-state index in [-0.39, 0.29) is 11.8 Å². The largest absolute Gasteiger partial charge is 0.480 e. The predicted octanol–water partition coefficient (Wildman–Crippen LogP) is -0.0607. The minimum Gasteiger partial charge on any atom is -0.480 e. The number of thioether (sulfide) groups is 1. The minimum absolute atomic E-state index is 0.0907. The summed E-state index contributed by atoms with van der Waals surface area (Å²) >= 11 is 1.58. The lowest BCUT2D eigenvalue weighted by atomic mass is 9.99. The Morgan fingerprint density at radius 3 is 2.07 bits per heavy atom. The molecule has 0 bridgehead atoms. The van der Waals surface area contributed by atoms with Crippen LogP contribution < -0.4 is 21.7 Å². The van der Waals surface area contributed by atoms with E-state index < -0.39 is 48.4 Å². The molecule has 0 aromatic heterocycles. The number of nitrogens with one attached hydrogen (secondary N) is 3. The fraction of sp³-hybridized carbons (Fsp3) is 0.778. The molecule has 0 heterocycles. The van der Waals surface area contributed by atoms with Crippen molar-refractivity contribution in [3.05, 3.63) is 0 Å². The molecule has 0 fully saturated rings. The average molecular weight is 419 g/mol. The lowest BCUT2D eigenvalue weighted by Crippen LogP contribution is -2.57. The highest BCUT2D eigenvalue weighted by Gasteiger charge is 2.30. The summed E-state index contributed by atoms with van der Waals surface area (Å²) in [6.07, 6.45) is 2.75. The van der Waals surface area contributed by atoms with Crippen LogP contribution in [0.2, 0.25) is 0 Å². The number of amides is 3. The molecule has 3 atom stereocenters. The maximum Gasteiger partial charge on any atom is 0.322 e. The summed E-state index contributed by atoms with van der Waals surface area (Å²) in [4.78, 5) is 47.9. The van der Waals surface area contributed by atoms with Crippen LogP contribution in [0.4, 0.5) is 0 Å². The molecule has 3 unspecified atom stereocenters. The molecule has 0 aliphatic heterocycles. The van der Waals surface area contributed by atoms with E-state index in [0.29, 0.717) is 12.8 Å². The van der Waals surface area contributed by atoms with Gasteiger partial charge in [0.15, 0.2) is 0 Å². The first-order valence-corrected chi connectivity index (χ1v) is 10.7. The Bertz CT molecular complexity index is 542. The topological polar surface area (TPSA) is 151 Å². The van der Waals surface area contributed by atoms with Crippen LogP contribution in [0.1, 0.15) is 40.5 Å². The second-order valence-electron chi connectivity index (χ2n) is 7.42. The molecule has 0 aliphatic rings. The molecule has 0 aromatic rings. The maximum atomic E-state index is 12.7. The first-order valence-electron chi connectivity index (χ1n) is 9.34. The molecular formula is C18H34N4O5S. The van der Waals surface area contributed by atoms with Gasteiger partial charge in [0.1, 0.15) is 18.6 Å². The van der Waals surface area contributed by atoms with Gasteiger partial charge in [-0.05, 0) is 36.7 Å². The van der Waals surface area contributed by atoms with Crippen LogP contribution in [0.5, 0.6) is 0 Å². The maximum absolute atomic E-state index is 12.7. The molecule has 162 valence electrons. The quantitative estimate of drug-likeness (QED) is 0.281. The minimum atomic E-state index is -1.17. The zero-order chi connectivity index (χ0) is 21.9. The van der Waals surface area contributed by atoms with E-state index in [1.54, 1.807) is 25.6 Å². The first-order chi connectivity index (χ1) is 13.0. The van der Waals surface area contributed by atoms with Crippen molar-refractivity contribution in [3.8, 4) is 0 Å². The number of aliphatic carboxylic acids is 1. The Balaban J connectivity index is 5.10. The van der Waals surface area contributed by atoms with Gasteiger partial charge in [-0.15, -0.1) is 0 Å². The van der Waals surface area contributed by atoms with E-state index >= 15 is 0 Å². The van der Waals surface area contributed by atoms with Crippen molar-refractivity contribution in [2.45, 2.75) is 58.7 Å². The monoisotopic (exact) mass is 418 g/mol. The van der Waals surface area contributed by atoms with Gasteiger partial charge >= 0.3 is 5.97 Å². The number of carboxylic acid groups (broad SMARTS) is 1. The summed E-state index contributed by atoms with van der Waals surface area (Å²) in [5.74, 6) is -2.07. The Kier molecular flexibility index (Phi) is 12.5. The SMILES string of the molecule is CSCCC(N)C(=O)NC(C(=O)NC(CC(C)C)C(=O)NCC(=O)O)C(C)C. The van der Waals surface area contributed by atoms with Gasteiger partial charge in [0.2, 0.25) is 17.7 Å². The fourth-order valence-corrected chi connectivity index (χ4v) is 2.91. The second-order valence-corrected chi connectivity index (χ2v) is 8.41. The molecule has 0 saturated heterocycles. The Morgan fingerprint density at radius 2 is 1.61 bits per heavy atom. The lowest BCUT2D eigenvalue weighted by molar-refractivity contribution is -0.138. The van der Waals surface area contributed by atoms with Gasteiger partial charge in [-0.3, -0.25) is 19.2 Å². The summed E-state index contributed by atoms with van der Waals surface area (Å²) < 4.78 is 0. The molecule has 0 saturated carbocycles. The lowest BCUT2D eigenvalue weighted by Gasteiger charge is -2.26. The Labute approximate surface area is 170 Å². The highest BCUT2D eigenvalue weighted by Crippen LogP contribution is 2.09. The van der Waals surface area contributed by atoms with Crippen LogP contribution in [-0.4, -0.2) is 65.5 Å². The van der Waals surface area contributed by atoms with Crippen molar-refractivity contribution >= 4 is 35.5 Å². The van der Waals surface area contributed by atoms with E-state index in [4.69, 9.17) is 10.8 Å². The molecule has 0 spiro atoms. The zero-order valence-electron chi connectivity index (χ0n) is 17.3. The third-order valence-corrected chi connectivity index (χ3v) is 4.61. The molecule has 0 aliphatic carbocycles. The average Bonchev–Trinajstić information content (AvgIpc) is 2.60. The number of hydrogen-bond acceptors (Lipinski definition) is 6. The van der Waals surface area contributed by atoms with Gasteiger partial charge in [-0.25, -0.2) is 0 Å². The summed E-state index contributed by atoms with van der Waals surface area (Å²) in [6.45, 7) is 6.80.